The third-order valence-corrected chi connectivity index (χ3v) is 1.65. The van der Waals surface area contributed by atoms with Gasteiger partial charge in [-0.05, 0) is 0 Å². The van der Waals surface area contributed by atoms with Crippen LogP contribution in [0.2, 0.25) is 0 Å². The Balaban J connectivity index is 3.81. The van der Waals surface area contributed by atoms with E-state index in [9.17, 15) is 18.0 Å². The third kappa shape index (κ3) is 8.19. The molecule has 1 unspecified atom stereocenters. The van der Waals surface area contributed by atoms with Gasteiger partial charge in [-0.2, -0.15) is 13.2 Å². The van der Waals surface area contributed by atoms with Crippen molar-refractivity contribution in [3.8, 4) is 0 Å². The van der Waals surface area contributed by atoms with Gasteiger partial charge in [-0.3, -0.25) is 4.79 Å². The molecule has 0 radical (unpaired) electrons. The van der Waals surface area contributed by atoms with Gasteiger partial charge in [-0.25, -0.2) is 0 Å². The molecule has 0 saturated heterocycles. The molecule has 1 atom stereocenters. The van der Waals surface area contributed by atoms with Crippen LogP contribution in [0.25, 0.3) is 0 Å². The van der Waals surface area contributed by atoms with Gasteiger partial charge in [0, 0.05) is 20.1 Å². The highest BCUT2D eigenvalue weighted by Gasteiger charge is 2.28. The number of hydrogen-bond acceptors (Lipinski definition) is 3. The van der Waals surface area contributed by atoms with Crippen LogP contribution in [0.4, 0.5) is 13.2 Å². The molecule has 0 aliphatic carbocycles. The summed E-state index contributed by atoms with van der Waals surface area (Å²) in [5, 5.41) is 2.35. The van der Waals surface area contributed by atoms with Crippen LogP contribution in [0.15, 0.2) is 0 Å². The van der Waals surface area contributed by atoms with E-state index < -0.39 is 31.0 Å². The van der Waals surface area contributed by atoms with Gasteiger partial charge in [-0.15, -0.1) is 0 Å². The highest BCUT2D eigenvalue weighted by Crippen LogP contribution is 2.20. The van der Waals surface area contributed by atoms with E-state index in [0.717, 1.165) is 0 Å². The van der Waals surface area contributed by atoms with Crippen molar-refractivity contribution in [2.45, 2.75) is 25.1 Å². The molecule has 0 aliphatic heterocycles. The van der Waals surface area contributed by atoms with E-state index in [-0.39, 0.29) is 13.2 Å². The van der Waals surface area contributed by atoms with Crippen molar-refractivity contribution in [1.82, 2.24) is 5.32 Å². The lowest BCUT2D eigenvalue weighted by molar-refractivity contribution is -0.144. The number of alkyl halides is 3. The van der Waals surface area contributed by atoms with Crippen LogP contribution >= 0.6 is 0 Å². The second-order valence-electron chi connectivity index (χ2n) is 3.07. The Morgan fingerprint density at radius 3 is 2.53 bits per heavy atom. The largest absolute Gasteiger partial charge is 0.389 e. The molecule has 0 aliphatic rings. The zero-order chi connectivity index (χ0) is 11.9. The number of nitrogens with two attached hydrogens (primary N) is 1. The van der Waals surface area contributed by atoms with Crippen LogP contribution in [-0.4, -0.2) is 38.4 Å². The average molecular weight is 228 g/mol. The normalized spacial score (nSPS) is 13.7. The standard InChI is InChI=1S/C8H15F3N2O2/c1-15-5-6(4-12)13-7(14)2-3-8(9,10)11/h6H,2-5,12H2,1H3,(H,13,14). The maximum atomic E-state index is 11.8. The lowest BCUT2D eigenvalue weighted by atomic mass is 10.2. The summed E-state index contributed by atoms with van der Waals surface area (Å²) in [7, 11) is 1.42. The minimum Gasteiger partial charge on any atom is -0.383 e. The lowest BCUT2D eigenvalue weighted by Crippen LogP contribution is -2.43. The zero-order valence-corrected chi connectivity index (χ0v) is 8.43. The minimum absolute atomic E-state index is 0.131. The van der Waals surface area contributed by atoms with Crippen LogP contribution < -0.4 is 11.1 Å². The van der Waals surface area contributed by atoms with Gasteiger partial charge >= 0.3 is 6.18 Å². The minimum atomic E-state index is -4.31. The Morgan fingerprint density at radius 1 is 1.53 bits per heavy atom. The van der Waals surface area contributed by atoms with Gasteiger partial charge in [-0.1, -0.05) is 0 Å². The summed E-state index contributed by atoms with van der Waals surface area (Å²) in [6, 6.07) is -0.435. The first-order valence-corrected chi connectivity index (χ1v) is 4.44. The Bertz CT molecular complexity index is 197. The van der Waals surface area contributed by atoms with E-state index in [1.807, 2.05) is 0 Å². The van der Waals surface area contributed by atoms with Gasteiger partial charge in [0.25, 0.3) is 0 Å². The first-order valence-electron chi connectivity index (χ1n) is 4.44. The second-order valence-corrected chi connectivity index (χ2v) is 3.07. The van der Waals surface area contributed by atoms with Crippen molar-refractivity contribution < 1.29 is 22.7 Å². The van der Waals surface area contributed by atoms with Gasteiger partial charge in [0.2, 0.25) is 5.91 Å². The quantitative estimate of drug-likeness (QED) is 0.692. The predicted molar refractivity (Wildman–Crippen MR) is 48.2 cm³/mol. The molecular formula is C8H15F3N2O2. The molecule has 90 valence electrons. The van der Waals surface area contributed by atoms with E-state index in [1.165, 1.54) is 7.11 Å². The number of ether oxygens (including phenoxy) is 1. The summed E-state index contributed by atoms with van der Waals surface area (Å²) in [6.45, 7) is 0.319. The molecule has 4 nitrogen and oxygen atoms in total. The maximum Gasteiger partial charge on any atom is 0.389 e. The molecule has 15 heavy (non-hydrogen) atoms. The van der Waals surface area contributed by atoms with E-state index >= 15 is 0 Å². The summed E-state index contributed by atoms with van der Waals surface area (Å²) < 4.78 is 40.0. The topological polar surface area (TPSA) is 64.3 Å². The number of halogens is 3. The average Bonchev–Trinajstić information content (AvgIpc) is 2.13. The second kappa shape index (κ2) is 6.62. The molecule has 0 aromatic heterocycles. The number of methoxy groups -OCH3 is 1. The monoisotopic (exact) mass is 228 g/mol. The summed E-state index contributed by atoms with van der Waals surface area (Å²) in [5.41, 5.74) is 5.27. The van der Waals surface area contributed by atoms with Crippen molar-refractivity contribution >= 4 is 5.91 Å². The van der Waals surface area contributed by atoms with Crippen LogP contribution in [0, 0.1) is 0 Å². The van der Waals surface area contributed by atoms with Crippen molar-refractivity contribution in [2.24, 2.45) is 5.73 Å². The molecule has 0 aromatic carbocycles. The molecule has 0 heterocycles. The molecule has 7 heteroatoms. The van der Waals surface area contributed by atoms with Crippen molar-refractivity contribution in [3.05, 3.63) is 0 Å². The third-order valence-electron chi connectivity index (χ3n) is 1.65. The number of hydrogen-bond donors (Lipinski definition) is 2. The SMILES string of the molecule is COCC(CN)NC(=O)CCC(F)(F)F. The molecule has 3 N–H and O–H groups in total. The molecule has 1 amide bonds. The van der Waals surface area contributed by atoms with Gasteiger partial charge < -0.3 is 15.8 Å². The van der Waals surface area contributed by atoms with Crippen LogP contribution in [0.1, 0.15) is 12.8 Å². The van der Waals surface area contributed by atoms with Crippen LogP contribution in [-0.2, 0) is 9.53 Å². The number of nitrogens with one attached hydrogen (secondary N) is 1. The van der Waals surface area contributed by atoms with Crippen molar-refractivity contribution in [2.75, 3.05) is 20.3 Å². The van der Waals surface area contributed by atoms with Gasteiger partial charge in [0.1, 0.15) is 0 Å². The zero-order valence-electron chi connectivity index (χ0n) is 8.43. The van der Waals surface area contributed by atoms with Crippen molar-refractivity contribution in [3.63, 3.8) is 0 Å². The Morgan fingerprint density at radius 2 is 2.13 bits per heavy atom. The molecule has 0 rings (SSSR count). The van der Waals surface area contributed by atoms with E-state index in [1.54, 1.807) is 0 Å². The highest BCUT2D eigenvalue weighted by atomic mass is 19.4. The Kier molecular flexibility index (Phi) is 6.26. The summed E-state index contributed by atoms with van der Waals surface area (Å²) >= 11 is 0. The molecule has 0 bridgehead atoms. The first kappa shape index (κ1) is 14.2. The summed E-state index contributed by atoms with van der Waals surface area (Å²) in [6.07, 6.45) is -6.01. The fourth-order valence-electron chi connectivity index (χ4n) is 0.925. The first-order chi connectivity index (χ1) is 6.89. The lowest BCUT2D eigenvalue weighted by Gasteiger charge is -2.15. The molecule has 0 spiro atoms. The number of rotatable bonds is 6. The summed E-state index contributed by atoms with van der Waals surface area (Å²) in [4.78, 5) is 11.0. The van der Waals surface area contributed by atoms with E-state index in [0.29, 0.717) is 0 Å². The number of amides is 1. The van der Waals surface area contributed by atoms with Gasteiger partial charge in [0.05, 0.1) is 19.1 Å². The smallest absolute Gasteiger partial charge is 0.383 e. The maximum absolute atomic E-state index is 11.8. The Labute approximate surface area is 86.0 Å². The molecular weight excluding hydrogens is 213 g/mol. The molecule has 0 aromatic rings. The molecule has 0 saturated carbocycles. The van der Waals surface area contributed by atoms with Gasteiger partial charge in [0.15, 0.2) is 0 Å². The fourth-order valence-corrected chi connectivity index (χ4v) is 0.925. The fraction of sp³-hybridized carbons (Fsp3) is 0.875. The number of carbonyl (C=O) groups excluding carboxylic acids is 1. The highest BCUT2D eigenvalue weighted by molar-refractivity contribution is 5.76. The van der Waals surface area contributed by atoms with Crippen LogP contribution in [0.5, 0.6) is 0 Å². The van der Waals surface area contributed by atoms with E-state index in [2.05, 4.69) is 5.32 Å². The van der Waals surface area contributed by atoms with Crippen molar-refractivity contribution in [1.29, 1.82) is 0 Å². The summed E-state index contributed by atoms with van der Waals surface area (Å²) in [5.74, 6) is -0.667. The molecule has 0 fully saturated rings. The number of carbonyl (C=O) groups is 1. The Hall–Kier alpha value is -0.820. The van der Waals surface area contributed by atoms with E-state index in [4.69, 9.17) is 10.5 Å². The van der Waals surface area contributed by atoms with Crippen LogP contribution in [0.3, 0.4) is 0 Å². The predicted octanol–water partition coefficient (Wildman–Crippen LogP) is 0.419.